The second-order valence-electron chi connectivity index (χ2n) is 7.74. The maximum atomic E-state index is 14.0. The minimum absolute atomic E-state index is 0.0728. The number of benzene rings is 2. The summed E-state index contributed by atoms with van der Waals surface area (Å²) in [4.78, 5) is 19.7. The van der Waals surface area contributed by atoms with Crippen LogP contribution in [0.15, 0.2) is 54.9 Å². The Balaban J connectivity index is 1.99. The van der Waals surface area contributed by atoms with Gasteiger partial charge >= 0.3 is 0 Å². The van der Waals surface area contributed by atoms with Crippen molar-refractivity contribution in [3.05, 3.63) is 71.8 Å². The van der Waals surface area contributed by atoms with Crippen LogP contribution in [0.3, 0.4) is 0 Å². The van der Waals surface area contributed by atoms with Crippen LogP contribution in [-0.4, -0.2) is 28.5 Å². The summed E-state index contributed by atoms with van der Waals surface area (Å²) < 4.78 is 14.0. The van der Waals surface area contributed by atoms with E-state index in [9.17, 15) is 9.18 Å². The normalized spacial score (nSPS) is 12.2. The van der Waals surface area contributed by atoms with Crippen LogP contribution in [0, 0.1) is 18.7 Å². The van der Waals surface area contributed by atoms with E-state index in [4.69, 9.17) is 0 Å². The third-order valence-corrected chi connectivity index (χ3v) is 5.07. The molecule has 0 saturated carbocycles. The van der Waals surface area contributed by atoms with Crippen molar-refractivity contribution in [2.24, 2.45) is 5.92 Å². The van der Waals surface area contributed by atoms with E-state index in [2.05, 4.69) is 24.1 Å². The van der Waals surface area contributed by atoms with E-state index in [0.717, 1.165) is 10.8 Å². The molecule has 0 aliphatic carbocycles. The van der Waals surface area contributed by atoms with Crippen molar-refractivity contribution in [3.63, 3.8) is 0 Å². The number of halogens is 1. The highest BCUT2D eigenvalue weighted by molar-refractivity contribution is 6.06. The van der Waals surface area contributed by atoms with Crippen LogP contribution in [0.4, 0.5) is 10.1 Å². The predicted molar refractivity (Wildman–Crippen MR) is 116 cm³/mol. The molecule has 0 saturated heterocycles. The Morgan fingerprint density at radius 3 is 2.62 bits per heavy atom. The van der Waals surface area contributed by atoms with Crippen molar-refractivity contribution in [1.29, 1.82) is 0 Å². The van der Waals surface area contributed by atoms with Crippen LogP contribution in [0.1, 0.15) is 43.1 Å². The Morgan fingerprint density at radius 2 is 1.90 bits per heavy atom. The fourth-order valence-electron chi connectivity index (χ4n) is 3.53. The molecule has 3 aromatic rings. The maximum absolute atomic E-state index is 14.0. The van der Waals surface area contributed by atoms with Gasteiger partial charge in [-0.3, -0.25) is 9.78 Å². The first-order valence-corrected chi connectivity index (χ1v) is 10.1. The highest BCUT2D eigenvalue weighted by Gasteiger charge is 2.26. The summed E-state index contributed by atoms with van der Waals surface area (Å²) in [6.45, 7) is 8.52. The van der Waals surface area contributed by atoms with Gasteiger partial charge in [-0.05, 0) is 36.8 Å². The largest absolute Gasteiger partial charge is 0.365 e. The van der Waals surface area contributed by atoms with Gasteiger partial charge in [0.25, 0.3) is 5.91 Å². The molecule has 5 heteroatoms. The molecule has 1 aromatic heterocycles. The van der Waals surface area contributed by atoms with E-state index >= 15 is 0 Å². The summed E-state index contributed by atoms with van der Waals surface area (Å²) in [5, 5.41) is 5.21. The molecule has 1 amide bonds. The zero-order valence-electron chi connectivity index (χ0n) is 17.4. The van der Waals surface area contributed by atoms with Crippen LogP contribution in [0.5, 0.6) is 0 Å². The van der Waals surface area contributed by atoms with Gasteiger partial charge in [-0.15, -0.1) is 0 Å². The van der Waals surface area contributed by atoms with Gasteiger partial charge in [-0.1, -0.05) is 51.1 Å². The zero-order valence-corrected chi connectivity index (χ0v) is 17.4. The first kappa shape index (κ1) is 20.8. The van der Waals surface area contributed by atoms with Crippen molar-refractivity contribution < 1.29 is 9.18 Å². The predicted octanol–water partition coefficient (Wildman–Crippen LogP) is 5.63. The third-order valence-electron chi connectivity index (χ3n) is 5.07. The molecule has 0 fully saturated rings. The van der Waals surface area contributed by atoms with E-state index in [0.29, 0.717) is 29.8 Å². The third kappa shape index (κ3) is 4.56. The number of rotatable bonds is 7. The van der Waals surface area contributed by atoms with Gasteiger partial charge in [-0.2, -0.15) is 0 Å². The van der Waals surface area contributed by atoms with Gasteiger partial charge in [0.2, 0.25) is 0 Å². The summed E-state index contributed by atoms with van der Waals surface area (Å²) >= 11 is 0. The van der Waals surface area contributed by atoms with E-state index < -0.39 is 0 Å². The SMILES string of the molecule is CCC(Nc1cccc(F)c1C)N(CC(C)C)C(=O)c1cncc2ccccc12. The number of carbonyl (C=O) groups excluding carboxylic acids is 1. The number of amides is 1. The van der Waals surface area contributed by atoms with Gasteiger partial charge < -0.3 is 10.2 Å². The van der Waals surface area contributed by atoms with Gasteiger partial charge in [0, 0.05) is 35.6 Å². The number of aromatic nitrogens is 1. The quantitative estimate of drug-likeness (QED) is 0.529. The fraction of sp³-hybridized carbons (Fsp3) is 0.333. The number of fused-ring (bicyclic) bond motifs is 1. The fourth-order valence-corrected chi connectivity index (χ4v) is 3.53. The van der Waals surface area contributed by atoms with Crippen molar-refractivity contribution in [2.45, 2.75) is 40.3 Å². The molecule has 0 aliphatic heterocycles. The highest BCUT2D eigenvalue weighted by atomic mass is 19.1. The van der Waals surface area contributed by atoms with E-state index in [-0.39, 0.29) is 23.8 Å². The van der Waals surface area contributed by atoms with Crippen LogP contribution in [0.2, 0.25) is 0 Å². The Bertz CT molecular complexity index is 997. The molecule has 29 heavy (non-hydrogen) atoms. The lowest BCUT2D eigenvalue weighted by atomic mass is 10.1. The molecule has 0 spiro atoms. The van der Waals surface area contributed by atoms with Crippen molar-refractivity contribution in [3.8, 4) is 0 Å². The summed E-state index contributed by atoms with van der Waals surface area (Å²) in [6, 6.07) is 12.7. The minimum atomic E-state index is -0.260. The Kier molecular flexibility index (Phi) is 6.47. The van der Waals surface area contributed by atoms with Crippen LogP contribution in [0.25, 0.3) is 10.8 Å². The lowest BCUT2D eigenvalue weighted by Gasteiger charge is -2.34. The van der Waals surface area contributed by atoms with Gasteiger partial charge in [0.15, 0.2) is 0 Å². The Labute approximate surface area is 171 Å². The van der Waals surface area contributed by atoms with E-state index in [1.54, 1.807) is 25.4 Å². The van der Waals surface area contributed by atoms with Gasteiger partial charge in [0.1, 0.15) is 12.0 Å². The van der Waals surface area contributed by atoms with Crippen LogP contribution < -0.4 is 5.32 Å². The van der Waals surface area contributed by atoms with Crippen molar-refractivity contribution in [2.75, 3.05) is 11.9 Å². The van der Waals surface area contributed by atoms with E-state index in [1.807, 2.05) is 42.2 Å². The highest BCUT2D eigenvalue weighted by Crippen LogP contribution is 2.24. The van der Waals surface area contributed by atoms with Crippen LogP contribution in [-0.2, 0) is 0 Å². The number of hydrogen-bond acceptors (Lipinski definition) is 3. The molecular weight excluding hydrogens is 365 g/mol. The molecule has 0 radical (unpaired) electrons. The molecule has 0 aliphatic rings. The van der Waals surface area contributed by atoms with Gasteiger partial charge in [0.05, 0.1) is 5.56 Å². The summed E-state index contributed by atoms with van der Waals surface area (Å²) in [7, 11) is 0. The molecular formula is C24H28FN3O. The smallest absolute Gasteiger partial charge is 0.257 e. The number of hydrogen-bond donors (Lipinski definition) is 1. The molecule has 3 rings (SSSR count). The molecule has 1 unspecified atom stereocenters. The average molecular weight is 394 g/mol. The Hall–Kier alpha value is -2.95. The lowest BCUT2D eigenvalue weighted by Crippen LogP contribution is -2.46. The summed E-state index contributed by atoms with van der Waals surface area (Å²) in [5.74, 6) is -0.0485. The molecule has 2 aromatic carbocycles. The first-order valence-electron chi connectivity index (χ1n) is 10.1. The number of nitrogens with one attached hydrogen (secondary N) is 1. The maximum Gasteiger partial charge on any atom is 0.257 e. The minimum Gasteiger partial charge on any atom is -0.365 e. The Morgan fingerprint density at radius 1 is 1.14 bits per heavy atom. The zero-order chi connectivity index (χ0) is 21.0. The summed E-state index contributed by atoms with van der Waals surface area (Å²) in [5.41, 5.74) is 1.84. The van der Waals surface area contributed by atoms with Crippen molar-refractivity contribution >= 4 is 22.4 Å². The molecule has 1 atom stereocenters. The van der Waals surface area contributed by atoms with E-state index in [1.165, 1.54) is 6.07 Å². The number of carbonyl (C=O) groups is 1. The van der Waals surface area contributed by atoms with Crippen molar-refractivity contribution in [1.82, 2.24) is 9.88 Å². The lowest BCUT2D eigenvalue weighted by molar-refractivity contribution is 0.0672. The monoisotopic (exact) mass is 393 g/mol. The molecule has 4 nitrogen and oxygen atoms in total. The molecule has 1 N–H and O–H groups in total. The second kappa shape index (κ2) is 9.03. The van der Waals surface area contributed by atoms with Crippen LogP contribution >= 0.6 is 0 Å². The summed E-state index contributed by atoms with van der Waals surface area (Å²) in [6.07, 6.45) is 3.83. The molecule has 1 heterocycles. The average Bonchev–Trinajstić information content (AvgIpc) is 2.72. The molecule has 0 bridgehead atoms. The first-order chi connectivity index (χ1) is 13.9. The number of nitrogens with zero attached hydrogens (tertiary/aromatic N) is 2. The topological polar surface area (TPSA) is 45.2 Å². The second-order valence-corrected chi connectivity index (χ2v) is 7.74. The molecule has 152 valence electrons. The number of anilines is 1. The standard InChI is InChI=1S/C24H28FN3O/c1-5-23(27-22-12-8-11-21(25)17(22)4)28(15-16(2)3)24(29)20-14-26-13-18-9-6-7-10-19(18)20/h6-14,16,23,27H,5,15H2,1-4H3. The number of pyridine rings is 1. The van der Waals surface area contributed by atoms with Gasteiger partial charge in [-0.25, -0.2) is 4.39 Å².